The average molecular weight is 426 g/mol. The van der Waals surface area contributed by atoms with Crippen molar-refractivity contribution < 1.29 is 28.1 Å². The largest absolute Gasteiger partial charge is 0.755 e. The van der Waals surface area contributed by atoms with Crippen LogP contribution >= 0.6 is 0 Å². The molecule has 0 bridgehead atoms. The summed E-state index contributed by atoms with van der Waals surface area (Å²) >= 11 is -2.48. The Labute approximate surface area is 176 Å². The lowest BCUT2D eigenvalue weighted by Crippen LogP contribution is -2.19. The summed E-state index contributed by atoms with van der Waals surface area (Å²) in [6.45, 7) is 2.25. The van der Waals surface area contributed by atoms with E-state index in [1.54, 1.807) is 60.7 Å². The normalized spacial score (nSPS) is 11.5. The maximum Gasteiger partial charge on any atom is 0.339 e. The molecule has 3 aromatic rings. The molecule has 0 aliphatic carbocycles. The van der Waals surface area contributed by atoms with Crippen molar-refractivity contribution >= 4 is 28.6 Å². The summed E-state index contributed by atoms with van der Waals surface area (Å²) in [4.78, 5) is 11.2. The van der Waals surface area contributed by atoms with Gasteiger partial charge in [0.25, 0.3) is 0 Å². The average Bonchev–Trinajstić information content (AvgIpc) is 2.72. The number of carboxylic acid groups (broad SMARTS) is 1. The zero-order valence-electron chi connectivity index (χ0n) is 16.2. The first-order chi connectivity index (χ1) is 14.5. The van der Waals surface area contributed by atoms with Gasteiger partial charge in [-0.25, -0.2) is 4.79 Å². The van der Waals surface area contributed by atoms with Gasteiger partial charge in [0.1, 0.15) is 30.3 Å². The van der Waals surface area contributed by atoms with Gasteiger partial charge in [-0.15, -0.1) is 0 Å². The molecule has 8 heteroatoms. The first-order valence-corrected chi connectivity index (χ1v) is 10.1. The predicted octanol–water partition coefficient (Wildman–Crippen LogP) is 4.08. The lowest BCUT2D eigenvalue weighted by atomic mass is 10.2. The van der Waals surface area contributed by atoms with Crippen molar-refractivity contribution in [1.29, 1.82) is 0 Å². The number of carboxylic acids is 1. The lowest BCUT2D eigenvalue weighted by molar-refractivity contribution is 0.0691. The molecule has 0 radical (unpaired) electrons. The van der Waals surface area contributed by atoms with Gasteiger partial charge in [-0.3, -0.25) is 8.51 Å². The topological polar surface area (TPSA) is 99.1 Å². The van der Waals surface area contributed by atoms with Crippen LogP contribution in [0.25, 0.3) is 0 Å². The summed E-state index contributed by atoms with van der Waals surface area (Å²) in [6, 6.07) is 20.2. The fraction of sp³-hybridized carbons (Fsp3) is 0.136. The van der Waals surface area contributed by atoms with Crippen molar-refractivity contribution in [2.45, 2.75) is 6.92 Å². The molecule has 3 rings (SSSR count). The van der Waals surface area contributed by atoms with Gasteiger partial charge >= 0.3 is 5.97 Å². The molecule has 0 saturated carbocycles. The molecule has 7 nitrogen and oxygen atoms in total. The molecule has 3 aromatic carbocycles. The van der Waals surface area contributed by atoms with E-state index < -0.39 is 17.2 Å². The van der Waals surface area contributed by atoms with Crippen LogP contribution in [0.4, 0.5) is 11.4 Å². The number of nitrogens with zero attached hydrogens (tertiary/aromatic N) is 1. The third kappa shape index (κ3) is 5.37. The van der Waals surface area contributed by atoms with Crippen LogP contribution < -0.4 is 13.8 Å². The number of rotatable bonds is 9. The highest BCUT2D eigenvalue weighted by molar-refractivity contribution is 7.81. The van der Waals surface area contributed by atoms with Crippen LogP contribution in [0.5, 0.6) is 11.5 Å². The van der Waals surface area contributed by atoms with Crippen molar-refractivity contribution in [3.8, 4) is 11.5 Å². The molecule has 1 N–H and O–H groups in total. The molecule has 0 aromatic heterocycles. The number of para-hydroxylation sites is 1. The van der Waals surface area contributed by atoms with Crippen LogP contribution in [-0.2, 0) is 11.3 Å². The first kappa shape index (κ1) is 21.4. The van der Waals surface area contributed by atoms with E-state index in [1.807, 2.05) is 13.0 Å². The van der Waals surface area contributed by atoms with Crippen LogP contribution in [0, 0.1) is 6.92 Å². The van der Waals surface area contributed by atoms with E-state index in [1.165, 1.54) is 10.4 Å². The van der Waals surface area contributed by atoms with Gasteiger partial charge in [0.15, 0.2) is 0 Å². The molecular weight excluding hydrogens is 406 g/mol. The molecule has 0 aliphatic rings. The molecule has 0 spiro atoms. The number of benzene rings is 3. The fourth-order valence-corrected chi connectivity index (χ4v) is 3.41. The Morgan fingerprint density at radius 3 is 2.33 bits per heavy atom. The highest BCUT2D eigenvalue weighted by Crippen LogP contribution is 2.29. The monoisotopic (exact) mass is 426 g/mol. The van der Waals surface area contributed by atoms with Crippen molar-refractivity contribution in [2.24, 2.45) is 0 Å². The Hall–Kier alpha value is -3.36. The van der Waals surface area contributed by atoms with Crippen LogP contribution in [0.2, 0.25) is 0 Å². The second kappa shape index (κ2) is 9.91. The van der Waals surface area contributed by atoms with Crippen LogP contribution in [0.1, 0.15) is 15.9 Å². The highest BCUT2D eigenvalue weighted by atomic mass is 32.2. The molecule has 1 atom stereocenters. The Kier molecular flexibility index (Phi) is 7.05. The predicted molar refractivity (Wildman–Crippen MR) is 113 cm³/mol. The zero-order valence-corrected chi connectivity index (χ0v) is 17.0. The van der Waals surface area contributed by atoms with E-state index in [2.05, 4.69) is 0 Å². The lowest BCUT2D eigenvalue weighted by Gasteiger charge is -2.26. The summed E-state index contributed by atoms with van der Waals surface area (Å²) < 4.78 is 35.8. The van der Waals surface area contributed by atoms with E-state index in [-0.39, 0.29) is 24.5 Å². The number of aryl methyl sites for hydroxylation is 1. The Morgan fingerprint density at radius 2 is 1.67 bits per heavy atom. The SMILES string of the molecule is Cc1cccc(N(c2ccc(OCCOc3ccccc3C(=O)O)cc2)S(=O)[O-])c1. The van der Waals surface area contributed by atoms with E-state index in [9.17, 15) is 13.6 Å². The fourth-order valence-electron chi connectivity index (χ4n) is 2.83. The van der Waals surface area contributed by atoms with Crippen LogP contribution in [0.3, 0.4) is 0 Å². The van der Waals surface area contributed by atoms with Gasteiger partial charge in [0.2, 0.25) is 0 Å². The highest BCUT2D eigenvalue weighted by Gasteiger charge is 2.11. The molecule has 0 heterocycles. The summed E-state index contributed by atoms with van der Waals surface area (Å²) in [6.07, 6.45) is 0. The van der Waals surface area contributed by atoms with Crippen LogP contribution in [-0.4, -0.2) is 33.1 Å². The van der Waals surface area contributed by atoms with E-state index in [0.29, 0.717) is 17.1 Å². The maximum atomic E-state index is 11.8. The van der Waals surface area contributed by atoms with Gasteiger partial charge in [0, 0.05) is 0 Å². The van der Waals surface area contributed by atoms with E-state index in [0.717, 1.165) is 5.56 Å². The number of carbonyl (C=O) groups is 1. The van der Waals surface area contributed by atoms with Gasteiger partial charge in [0.05, 0.1) is 22.6 Å². The summed E-state index contributed by atoms with van der Waals surface area (Å²) in [5.41, 5.74) is 2.06. The van der Waals surface area contributed by atoms with Gasteiger partial charge in [-0.05, 0) is 61.0 Å². The summed E-state index contributed by atoms with van der Waals surface area (Å²) in [5.74, 6) is -0.249. The third-order valence-corrected chi connectivity index (χ3v) is 4.90. The molecule has 0 aliphatic heterocycles. The van der Waals surface area contributed by atoms with Gasteiger partial charge < -0.3 is 19.1 Å². The molecule has 0 amide bonds. The standard InChI is InChI=1S/C22H21NO6S/c1-16-5-4-6-18(15-16)23(30(26)27)17-9-11-19(12-10-17)28-13-14-29-21-8-3-2-7-20(21)22(24)25/h2-12,15H,13-14H2,1H3,(H,24,25)(H,26,27)/p-1. The number of aromatic carboxylic acids is 1. The first-order valence-electron chi connectivity index (χ1n) is 9.10. The molecule has 0 fully saturated rings. The van der Waals surface area contributed by atoms with Gasteiger partial charge in [-0.2, -0.15) is 0 Å². The minimum absolute atomic E-state index is 0.0868. The minimum Gasteiger partial charge on any atom is -0.755 e. The second-order valence-corrected chi connectivity index (χ2v) is 7.14. The van der Waals surface area contributed by atoms with E-state index in [4.69, 9.17) is 14.6 Å². The molecule has 0 saturated heterocycles. The zero-order chi connectivity index (χ0) is 21.5. The Morgan fingerprint density at radius 1 is 0.967 bits per heavy atom. The van der Waals surface area contributed by atoms with Crippen molar-refractivity contribution in [1.82, 2.24) is 0 Å². The maximum absolute atomic E-state index is 11.8. The van der Waals surface area contributed by atoms with Crippen molar-refractivity contribution in [2.75, 3.05) is 17.5 Å². The molecule has 156 valence electrons. The number of hydrogen-bond acceptors (Lipinski definition) is 5. The van der Waals surface area contributed by atoms with Crippen molar-refractivity contribution in [3.05, 3.63) is 83.9 Å². The Balaban J connectivity index is 1.60. The molecule has 30 heavy (non-hydrogen) atoms. The quantitative estimate of drug-likeness (QED) is 0.409. The number of hydrogen-bond donors (Lipinski definition) is 1. The number of ether oxygens (including phenoxy) is 2. The van der Waals surface area contributed by atoms with Gasteiger partial charge in [-0.1, -0.05) is 24.3 Å². The van der Waals surface area contributed by atoms with E-state index >= 15 is 0 Å². The second-order valence-electron chi connectivity index (χ2n) is 6.34. The summed E-state index contributed by atoms with van der Waals surface area (Å²) in [5, 5.41) is 9.15. The van der Waals surface area contributed by atoms with Crippen molar-refractivity contribution in [3.63, 3.8) is 0 Å². The third-order valence-electron chi connectivity index (χ3n) is 4.18. The molecule has 1 unspecified atom stereocenters. The summed E-state index contributed by atoms with van der Waals surface area (Å²) in [7, 11) is 0. The smallest absolute Gasteiger partial charge is 0.339 e. The molecular formula is C22H20NO6S-. The number of anilines is 2. The minimum atomic E-state index is -2.48. The Bertz CT molecular complexity index is 1040. The van der Waals surface area contributed by atoms with Crippen LogP contribution in [0.15, 0.2) is 72.8 Å².